The highest BCUT2D eigenvalue weighted by molar-refractivity contribution is 6.42. The van der Waals surface area contributed by atoms with Gasteiger partial charge in [-0.1, -0.05) is 59.6 Å². The van der Waals surface area contributed by atoms with Crippen molar-refractivity contribution >= 4 is 41.0 Å². The van der Waals surface area contributed by atoms with Crippen LogP contribution in [0.25, 0.3) is 6.08 Å². The van der Waals surface area contributed by atoms with Crippen LogP contribution in [0, 0.1) is 0 Å². The third-order valence-electron chi connectivity index (χ3n) is 3.08. The van der Waals surface area contributed by atoms with E-state index in [4.69, 9.17) is 27.9 Å². The molecule has 0 spiro atoms. The van der Waals surface area contributed by atoms with Crippen molar-refractivity contribution in [2.75, 3.05) is 0 Å². The molecule has 0 saturated carbocycles. The number of benzene rings is 2. The van der Waals surface area contributed by atoms with Crippen LogP contribution in [0.15, 0.2) is 54.6 Å². The number of halogens is 2. The molecule has 23 heavy (non-hydrogen) atoms. The minimum Gasteiger partial charge on any atom is -0.451 e. The van der Waals surface area contributed by atoms with Crippen LogP contribution in [0.2, 0.25) is 10.0 Å². The maximum atomic E-state index is 12.1. The number of Topliss-reactive ketones (excluding diaryl/α,β-unsaturated/α-hetero) is 1. The van der Waals surface area contributed by atoms with E-state index in [1.54, 1.807) is 55.5 Å². The van der Waals surface area contributed by atoms with Crippen molar-refractivity contribution in [1.29, 1.82) is 0 Å². The Bertz CT molecular complexity index is 739. The third-order valence-corrected chi connectivity index (χ3v) is 3.82. The molecule has 2 aromatic carbocycles. The molecule has 0 saturated heterocycles. The fourth-order valence-electron chi connectivity index (χ4n) is 1.88. The first-order chi connectivity index (χ1) is 11.0. The van der Waals surface area contributed by atoms with Crippen molar-refractivity contribution in [3.05, 3.63) is 75.8 Å². The molecule has 3 nitrogen and oxygen atoms in total. The van der Waals surface area contributed by atoms with Crippen LogP contribution >= 0.6 is 23.2 Å². The van der Waals surface area contributed by atoms with Crippen molar-refractivity contribution in [3.63, 3.8) is 0 Å². The summed E-state index contributed by atoms with van der Waals surface area (Å²) in [5.74, 6) is -0.852. The Labute approximate surface area is 144 Å². The smallest absolute Gasteiger partial charge is 0.331 e. The van der Waals surface area contributed by atoms with E-state index in [0.29, 0.717) is 21.2 Å². The second kappa shape index (κ2) is 7.95. The molecular formula is C18H14Cl2O3. The molecule has 0 aromatic heterocycles. The highest BCUT2D eigenvalue weighted by Gasteiger charge is 2.17. The second-order valence-electron chi connectivity index (χ2n) is 4.82. The zero-order chi connectivity index (χ0) is 16.8. The zero-order valence-corrected chi connectivity index (χ0v) is 13.8. The summed E-state index contributed by atoms with van der Waals surface area (Å²) in [7, 11) is 0. The highest BCUT2D eigenvalue weighted by Crippen LogP contribution is 2.23. The Hall–Kier alpha value is -2.10. The molecule has 2 rings (SSSR count). The normalized spacial score (nSPS) is 12.1. The largest absolute Gasteiger partial charge is 0.451 e. The Kier molecular flexibility index (Phi) is 5.97. The lowest BCUT2D eigenvalue weighted by Crippen LogP contribution is -2.23. The average molecular weight is 349 g/mol. The van der Waals surface area contributed by atoms with E-state index in [1.807, 2.05) is 6.07 Å². The van der Waals surface area contributed by atoms with E-state index in [2.05, 4.69) is 0 Å². The lowest BCUT2D eigenvalue weighted by molar-refractivity contribution is -0.140. The summed E-state index contributed by atoms with van der Waals surface area (Å²) in [5.41, 5.74) is 1.21. The van der Waals surface area contributed by atoms with Crippen LogP contribution < -0.4 is 0 Å². The SMILES string of the molecule is C[C@H](OC(=O)/C=C/c1ccc(Cl)c(Cl)c1)C(=O)c1ccccc1. The number of carbonyl (C=O) groups excluding carboxylic acids is 2. The van der Waals surface area contributed by atoms with Gasteiger partial charge in [0.05, 0.1) is 10.0 Å². The topological polar surface area (TPSA) is 43.4 Å². The van der Waals surface area contributed by atoms with Crippen LogP contribution in [-0.2, 0) is 9.53 Å². The first-order valence-corrected chi connectivity index (χ1v) is 7.66. The zero-order valence-electron chi connectivity index (χ0n) is 12.3. The van der Waals surface area contributed by atoms with Gasteiger partial charge in [0, 0.05) is 11.6 Å². The van der Waals surface area contributed by atoms with E-state index >= 15 is 0 Å². The molecule has 0 radical (unpaired) electrons. The van der Waals surface area contributed by atoms with Crippen LogP contribution in [0.5, 0.6) is 0 Å². The summed E-state index contributed by atoms with van der Waals surface area (Å²) >= 11 is 11.7. The summed E-state index contributed by atoms with van der Waals surface area (Å²) in [6.07, 6.45) is 1.93. The van der Waals surface area contributed by atoms with Crippen LogP contribution in [0.1, 0.15) is 22.8 Å². The third kappa shape index (κ3) is 4.95. The van der Waals surface area contributed by atoms with Crippen LogP contribution in [0.3, 0.4) is 0 Å². The van der Waals surface area contributed by atoms with Crippen molar-refractivity contribution in [1.82, 2.24) is 0 Å². The van der Waals surface area contributed by atoms with Crippen molar-refractivity contribution in [3.8, 4) is 0 Å². The van der Waals surface area contributed by atoms with Gasteiger partial charge in [0.15, 0.2) is 6.10 Å². The van der Waals surface area contributed by atoms with Gasteiger partial charge in [-0.05, 0) is 30.7 Å². The van der Waals surface area contributed by atoms with E-state index in [1.165, 1.54) is 6.08 Å². The summed E-state index contributed by atoms with van der Waals surface area (Å²) in [6, 6.07) is 13.7. The molecule has 0 fully saturated rings. The number of rotatable bonds is 5. The van der Waals surface area contributed by atoms with E-state index in [9.17, 15) is 9.59 Å². The monoisotopic (exact) mass is 348 g/mol. The number of ether oxygens (including phenoxy) is 1. The number of hydrogen-bond acceptors (Lipinski definition) is 3. The number of esters is 1. The van der Waals surface area contributed by atoms with Crippen molar-refractivity contribution < 1.29 is 14.3 Å². The quantitative estimate of drug-likeness (QED) is 0.442. The van der Waals surface area contributed by atoms with Crippen LogP contribution in [0.4, 0.5) is 0 Å². The summed E-state index contributed by atoms with van der Waals surface area (Å²) < 4.78 is 5.11. The molecular weight excluding hydrogens is 335 g/mol. The first-order valence-electron chi connectivity index (χ1n) is 6.90. The highest BCUT2D eigenvalue weighted by atomic mass is 35.5. The summed E-state index contributed by atoms with van der Waals surface area (Å²) in [6.45, 7) is 1.54. The molecule has 0 bridgehead atoms. The van der Waals surface area contributed by atoms with Crippen molar-refractivity contribution in [2.24, 2.45) is 0 Å². The number of hydrogen-bond donors (Lipinski definition) is 0. The Morgan fingerprint density at radius 2 is 1.74 bits per heavy atom. The van der Waals surface area contributed by atoms with Gasteiger partial charge in [-0.3, -0.25) is 4.79 Å². The molecule has 0 aliphatic rings. The summed E-state index contributed by atoms with van der Waals surface area (Å²) in [5, 5.41) is 0.836. The standard InChI is InChI=1S/C18H14Cl2O3/c1-12(18(22)14-5-3-2-4-6-14)23-17(21)10-8-13-7-9-15(19)16(20)11-13/h2-12H,1H3/b10-8+/t12-/m0/s1. The fraction of sp³-hybridized carbons (Fsp3) is 0.111. The predicted molar refractivity (Wildman–Crippen MR) is 91.8 cm³/mol. The van der Waals surface area contributed by atoms with Gasteiger partial charge < -0.3 is 4.74 Å². The van der Waals surface area contributed by atoms with Gasteiger partial charge in [-0.25, -0.2) is 4.79 Å². The van der Waals surface area contributed by atoms with E-state index in [0.717, 1.165) is 0 Å². The molecule has 0 unspecified atom stereocenters. The molecule has 0 heterocycles. The Balaban J connectivity index is 1.97. The summed E-state index contributed by atoms with van der Waals surface area (Å²) in [4.78, 5) is 23.9. The average Bonchev–Trinajstić information content (AvgIpc) is 2.56. The molecule has 0 aliphatic carbocycles. The van der Waals surface area contributed by atoms with Gasteiger partial charge in [-0.2, -0.15) is 0 Å². The molecule has 5 heteroatoms. The predicted octanol–water partition coefficient (Wildman–Crippen LogP) is 4.82. The van der Waals surface area contributed by atoms with Gasteiger partial charge in [-0.15, -0.1) is 0 Å². The second-order valence-corrected chi connectivity index (χ2v) is 5.63. The fourth-order valence-corrected chi connectivity index (χ4v) is 2.19. The lowest BCUT2D eigenvalue weighted by atomic mass is 10.1. The van der Waals surface area contributed by atoms with Gasteiger partial charge in [0.25, 0.3) is 0 Å². The first kappa shape index (κ1) is 17.3. The number of carbonyl (C=O) groups is 2. The lowest BCUT2D eigenvalue weighted by Gasteiger charge is -2.10. The molecule has 0 amide bonds. The van der Waals surface area contributed by atoms with Gasteiger partial charge in [0.2, 0.25) is 5.78 Å². The molecule has 1 atom stereocenters. The van der Waals surface area contributed by atoms with E-state index < -0.39 is 12.1 Å². The molecule has 2 aromatic rings. The minimum absolute atomic E-state index is 0.248. The Morgan fingerprint density at radius 3 is 2.39 bits per heavy atom. The maximum absolute atomic E-state index is 12.1. The van der Waals surface area contributed by atoms with Crippen molar-refractivity contribution in [2.45, 2.75) is 13.0 Å². The molecule has 118 valence electrons. The molecule has 0 N–H and O–H groups in total. The maximum Gasteiger partial charge on any atom is 0.331 e. The minimum atomic E-state index is -0.858. The molecule has 0 aliphatic heterocycles. The van der Waals surface area contributed by atoms with Crippen LogP contribution in [-0.4, -0.2) is 17.9 Å². The van der Waals surface area contributed by atoms with Gasteiger partial charge >= 0.3 is 5.97 Å². The van der Waals surface area contributed by atoms with Gasteiger partial charge in [0.1, 0.15) is 0 Å². The Morgan fingerprint density at radius 1 is 1.04 bits per heavy atom. The number of ketones is 1. The van der Waals surface area contributed by atoms with E-state index in [-0.39, 0.29) is 5.78 Å².